The van der Waals surface area contributed by atoms with E-state index < -0.39 is 0 Å². The first-order chi connectivity index (χ1) is 10.7. The van der Waals surface area contributed by atoms with Gasteiger partial charge in [-0.05, 0) is 31.4 Å². The molecule has 0 fully saturated rings. The van der Waals surface area contributed by atoms with Gasteiger partial charge in [-0.15, -0.1) is 0 Å². The maximum Gasteiger partial charge on any atom is 0.292 e. The molecule has 2 aromatic rings. The molecule has 3 N–H and O–H groups in total. The number of aromatic nitrogens is 2. The van der Waals surface area contributed by atoms with Crippen molar-refractivity contribution in [3.8, 4) is 11.5 Å². The van der Waals surface area contributed by atoms with Gasteiger partial charge in [0.05, 0.1) is 13.3 Å². The lowest BCUT2D eigenvalue weighted by atomic mass is 10.2. The number of nitrogens with one attached hydrogen (secondary N) is 2. The number of ether oxygens (including phenoxy) is 1. The van der Waals surface area contributed by atoms with E-state index in [-0.39, 0.29) is 11.7 Å². The summed E-state index contributed by atoms with van der Waals surface area (Å²) in [4.78, 5) is 12.1. The number of carbonyl (C=O) groups is 1. The summed E-state index contributed by atoms with van der Waals surface area (Å²) in [7, 11) is 1.47. The average Bonchev–Trinajstić information content (AvgIpc) is 3.11. The molecule has 0 saturated carbocycles. The Balaban J connectivity index is 1.71. The maximum absolute atomic E-state index is 12.1. The predicted octanol–water partition coefficient (Wildman–Crippen LogP) is 1.38. The Labute approximate surface area is 127 Å². The van der Waals surface area contributed by atoms with Crippen molar-refractivity contribution in [2.45, 2.75) is 19.3 Å². The molecule has 1 aromatic heterocycles. The summed E-state index contributed by atoms with van der Waals surface area (Å²) in [6.07, 6.45) is 4.18. The molecule has 1 heterocycles. The third-order valence-electron chi connectivity index (χ3n) is 3.64. The van der Waals surface area contributed by atoms with Crippen molar-refractivity contribution >= 4 is 12.1 Å². The molecule has 22 heavy (non-hydrogen) atoms. The lowest BCUT2D eigenvalue weighted by molar-refractivity contribution is 0.0949. The zero-order valence-electron chi connectivity index (χ0n) is 12.1. The van der Waals surface area contributed by atoms with Gasteiger partial charge in [0.25, 0.3) is 5.91 Å². The monoisotopic (exact) mass is 300 g/mol. The Kier molecular flexibility index (Phi) is 3.78. The van der Waals surface area contributed by atoms with Crippen LogP contribution in [-0.2, 0) is 12.8 Å². The van der Waals surface area contributed by atoms with Gasteiger partial charge in [0.1, 0.15) is 0 Å². The van der Waals surface area contributed by atoms with Gasteiger partial charge in [-0.2, -0.15) is 10.2 Å². The lowest BCUT2D eigenvalue weighted by Crippen LogP contribution is -2.19. The zero-order valence-corrected chi connectivity index (χ0v) is 12.1. The average molecular weight is 300 g/mol. The number of methoxy groups -OCH3 is 1. The minimum Gasteiger partial charge on any atom is -0.504 e. The molecule has 0 saturated heterocycles. The van der Waals surface area contributed by atoms with Crippen molar-refractivity contribution in [3.05, 3.63) is 40.7 Å². The van der Waals surface area contributed by atoms with Gasteiger partial charge in [0.2, 0.25) is 0 Å². The number of phenolic OH excluding ortho intramolecular Hbond substituents is 1. The number of hydrogen-bond donors (Lipinski definition) is 3. The minimum absolute atomic E-state index is 0.0244. The second-order valence-corrected chi connectivity index (χ2v) is 4.98. The van der Waals surface area contributed by atoms with Gasteiger partial charge in [0, 0.05) is 16.8 Å². The van der Waals surface area contributed by atoms with E-state index in [1.54, 1.807) is 18.2 Å². The molecule has 0 bridgehead atoms. The zero-order chi connectivity index (χ0) is 15.5. The fraction of sp³-hybridized carbons (Fsp3) is 0.267. The maximum atomic E-state index is 12.1. The van der Waals surface area contributed by atoms with Gasteiger partial charge in [-0.1, -0.05) is 6.07 Å². The summed E-state index contributed by atoms with van der Waals surface area (Å²) in [5.41, 5.74) is 5.26. The van der Waals surface area contributed by atoms with Crippen molar-refractivity contribution in [2.75, 3.05) is 7.11 Å². The van der Waals surface area contributed by atoms with E-state index in [0.29, 0.717) is 17.0 Å². The van der Waals surface area contributed by atoms with E-state index in [9.17, 15) is 9.90 Å². The highest BCUT2D eigenvalue weighted by Gasteiger charge is 2.22. The molecule has 1 amide bonds. The summed E-state index contributed by atoms with van der Waals surface area (Å²) in [5.74, 6) is -0.0397. The Morgan fingerprint density at radius 2 is 2.36 bits per heavy atom. The van der Waals surface area contributed by atoms with Crippen molar-refractivity contribution in [3.63, 3.8) is 0 Å². The van der Waals surface area contributed by atoms with Crippen LogP contribution in [0.5, 0.6) is 11.5 Å². The third kappa shape index (κ3) is 2.52. The summed E-state index contributed by atoms with van der Waals surface area (Å²) in [6.45, 7) is 0. The van der Waals surface area contributed by atoms with Gasteiger partial charge in [0.15, 0.2) is 17.2 Å². The number of carbonyl (C=O) groups excluding carboxylic acids is 1. The fourth-order valence-corrected chi connectivity index (χ4v) is 2.53. The van der Waals surface area contributed by atoms with E-state index in [2.05, 4.69) is 20.7 Å². The highest BCUT2D eigenvalue weighted by atomic mass is 16.5. The Morgan fingerprint density at radius 1 is 1.50 bits per heavy atom. The van der Waals surface area contributed by atoms with Crippen LogP contribution >= 0.6 is 0 Å². The highest BCUT2D eigenvalue weighted by molar-refractivity contribution is 5.95. The Bertz CT molecular complexity index is 736. The molecular formula is C15H16N4O3. The Hall–Kier alpha value is -2.83. The number of phenols is 1. The lowest BCUT2D eigenvalue weighted by Gasteiger charge is -2.04. The van der Waals surface area contributed by atoms with Crippen LogP contribution in [0.15, 0.2) is 23.3 Å². The molecule has 7 heteroatoms. The van der Waals surface area contributed by atoms with E-state index in [4.69, 9.17) is 4.74 Å². The molecule has 0 aliphatic heterocycles. The molecule has 0 atom stereocenters. The van der Waals surface area contributed by atoms with Crippen LogP contribution in [0, 0.1) is 0 Å². The smallest absolute Gasteiger partial charge is 0.292 e. The minimum atomic E-state index is -0.363. The molecule has 7 nitrogen and oxygen atoms in total. The van der Waals surface area contributed by atoms with Crippen LogP contribution in [0.3, 0.4) is 0 Å². The fourth-order valence-electron chi connectivity index (χ4n) is 2.53. The van der Waals surface area contributed by atoms with Gasteiger partial charge < -0.3 is 9.84 Å². The normalized spacial score (nSPS) is 13.3. The Morgan fingerprint density at radius 3 is 3.18 bits per heavy atom. The van der Waals surface area contributed by atoms with Crippen LogP contribution in [0.2, 0.25) is 0 Å². The van der Waals surface area contributed by atoms with Crippen LogP contribution in [0.4, 0.5) is 0 Å². The van der Waals surface area contributed by atoms with Crippen LogP contribution in [0.25, 0.3) is 0 Å². The van der Waals surface area contributed by atoms with Crippen LogP contribution in [0.1, 0.15) is 33.7 Å². The topological polar surface area (TPSA) is 99.6 Å². The number of aryl methyl sites for hydroxylation is 1. The molecule has 1 aliphatic rings. The molecular weight excluding hydrogens is 284 g/mol. The second-order valence-electron chi connectivity index (χ2n) is 4.98. The number of hydrogen-bond acceptors (Lipinski definition) is 5. The first-order valence-electron chi connectivity index (χ1n) is 6.96. The van der Waals surface area contributed by atoms with Crippen molar-refractivity contribution in [2.24, 2.45) is 5.10 Å². The van der Waals surface area contributed by atoms with Gasteiger partial charge in [-0.3, -0.25) is 9.89 Å². The quantitative estimate of drug-likeness (QED) is 0.586. The number of benzene rings is 1. The molecule has 0 spiro atoms. The van der Waals surface area contributed by atoms with Crippen LogP contribution in [-0.4, -0.2) is 34.5 Å². The van der Waals surface area contributed by atoms with Gasteiger partial charge in [-0.25, -0.2) is 5.43 Å². The molecule has 0 radical (unpaired) electrons. The number of rotatable bonds is 4. The van der Waals surface area contributed by atoms with E-state index in [0.717, 1.165) is 30.5 Å². The largest absolute Gasteiger partial charge is 0.504 e. The van der Waals surface area contributed by atoms with Crippen molar-refractivity contribution in [1.29, 1.82) is 0 Å². The predicted molar refractivity (Wildman–Crippen MR) is 80.3 cm³/mol. The van der Waals surface area contributed by atoms with E-state index in [1.807, 2.05) is 0 Å². The molecule has 1 aliphatic carbocycles. The van der Waals surface area contributed by atoms with Gasteiger partial charge >= 0.3 is 0 Å². The number of fused-ring (bicyclic) bond motifs is 1. The number of amides is 1. The number of aromatic amines is 1. The van der Waals surface area contributed by atoms with E-state index in [1.165, 1.54) is 13.3 Å². The molecule has 114 valence electrons. The summed E-state index contributed by atoms with van der Waals surface area (Å²) < 4.78 is 5.01. The number of hydrazone groups is 1. The SMILES string of the molecule is COc1cccc(/C=N\NC(=O)c2n[nH]c3c2CCC3)c1O. The first kappa shape index (κ1) is 14.1. The molecule has 3 rings (SSSR count). The number of para-hydroxylation sites is 1. The summed E-state index contributed by atoms with van der Waals surface area (Å²) in [6, 6.07) is 5.03. The third-order valence-corrected chi connectivity index (χ3v) is 3.64. The molecule has 1 aromatic carbocycles. The first-order valence-corrected chi connectivity index (χ1v) is 6.96. The van der Waals surface area contributed by atoms with Crippen molar-refractivity contribution < 1.29 is 14.6 Å². The number of aromatic hydroxyl groups is 1. The van der Waals surface area contributed by atoms with Crippen LogP contribution < -0.4 is 10.2 Å². The number of H-pyrrole nitrogens is 1. The van der Waals surface area contributed by atoms with E-state index >= 15 is 0 Å². The standard InChI is InChI=1S/C15H16N4O3/c1-22-12-7-2-4-9(14(12)20)8-16-19-15(21)13-10-5-3-6-11(10)17-18-13/h2,4,7-8,20H,3,5-6H2,1H3,(H,17,18)(H,19,21)/b16-8-. The molecule has 0 unspecified atom stereocenters. The summed E-state index contributed by atoms with van der Waals surface area (Å²) in [5, 5.41) is 20.7. The summed E-state index contributed by atoms with van der Waals surface area (Å²) >= 11 is 0. The highest BCUT2D eigenvalue weighted by Crippen LogP contribution is 2.28. The number of nitrogens with zero attached hydrogens (tertiary/aromatic N) is 2. The second kappa shape index (κ2) is 5.88. The van der Waals surface area contributed by atoms with Crippen molar-refractivity contribution in [1.82, 2.24) is 15.6 Å².